The Hall–Kier alpha value is -0.730. The zero-order valence-corrected chi connectivity index (χ0v) is 11.7. The number of nitrogens with one attached hydrogen (secondary N) is 1. The van der Waals surface area contributed by atoms with Gasteiger partial charge in [-0.3, -0.25) is 0 Å². The van der Waals surface area contributed by atoms with Gasteiger partial charge in [-0.1, -0.05) is 34.1 Å². The molecular weight excluding hydrogens is 214 g/mol. The maximum atomic E-state index is 11.7. The van der Waals surface area contributed by atoms with Gasteiger partial charge in [-0.25, -0.2) is 4.79 Å². The van der Waals surface area contributed by atoms with Gasteiger partial charge >= 0.3 is 6.09 Å². The van der Waals surface area contributed by atoms with Crippen LogP contribution in [0.4, 0.5) is 4.79 Å². The molecule has 0 aromatic rings. The average Bonchev–Trinajstić information content (AvgIpc) is 2.30. The van der Waals surface area contributed by atoms with Crippen molar-refractivity contribution in [3.8, 4) is 0 Å². The summed E-state index contributed by atoms with van der Waals surface area (Å²) < 4.78 is 5.58. The number of rotatable bonds is 4. The molecule has 0 aromatic heterocycles. The molecule has 0 saturated heterocycles. The van der Waals surface area contributed by atoms with Crippen LogP contribution in [0, 0.1) is 17.8 Å². The Morgan fingerprint density at radius 2 is 1.88 bits per heavy atom. The van der Waals surface area contributed by atoms with Gasteiger partial charge in [0.1, 0.15) is 6.10 Å². The molecule has 4 unspecified atom stereocenters. The third-order valence-corrected chi connectivity index (χ3v) is 4.10. The van der Waals surface area contributed by atoms with Crippen molar-refractivity contribution in [1.82, 2.24) is 5.32 Å². The minimum Gasteiger partial charge on any atom is -0.446 e. The van der Waals surface area contributed by atoms with E-state index in [1.54, 1.807) is 0 Å². The van der Waals surface area contributed by atoms with Gasteiger partial charge < -0.3 is 10.1 Å². The molecular formula is C14H27NO2. The number of ether oxygens (including phenoxy) is 1. The number of hydrogen-bond donors (Lipinski definition) is 1. The van der Waals surface area contributed by atoms with Crippen LogP contribution in [-0.4, -0.2) is 18.7 Å². The van der Waals surface area contributed by atoms with E-state index in [0.29, 0.717) is 17.8 Å². The molecule has 3 nitrogen and oxygen atoms in total. The van der Waals surface area contributed by atoms with E-state index in [4.69, 9.17) is 4.74 Å². The van der Waals surface area contributed by atoms with Crippen molar-refractivity contribution in [3.63, 3.8) is 0 Å². The van der Waals surface area contributed by atoms with E-state index in [1.165, 1.54) is 12.8 Å². The minimum atomic E-state index is -0.240. The molecule has 17 heavy (non-hydrogen) atoms. The smallest absolute Gasteiger partial charge is 0.407 e. The molecule has 0 bridgehead atoms. The first-order chi connectivity index (χ1) is 8.06. The van der Waals surface area contributed by atoms with E-state index in [0.717, 1.165) is 19.4 Å². The Morgan fingerprint density at radius 3 is 2.53 bits per heavy atom. The number of carbonyl (C=O) groups excluding carboxylic acids is 1. The Bertz CT molecular complexity index is 242. The van der Waals surface area contributed by atoms with E-state index in [-0.39, 0.29) is 12.2 Å². The van der Waals surface area contributed by atoms with Crippen LogP contribution in [0.5, 0.6) is 0 Å². The molecule has 1 saturated carbocycles. The zero-order chi connectivity index (χ0) is 12.8. The lowest BCUT2D eigenvalue weighted by Crippen LogP contribution is -2.41. The molecule has 0 aromatic carbocycles. The Labute approximate surface area is 105 Å². The van der Waals surface area contributed by atoms with E-state index in [1.807, 2.05) is 0 Å². The van der Waals surface area contributed by atoms with Gasteiger partial charge in [0.15, 0.2) is 0 Å². The molecule has 0 spiro atoms. The van der Waals surface area contributed by atoms with Crippen LogP contribution in [0.2, 0.25) is 0 Å². The fourth-order valence-corrected chi connectivity index (χ4v) is 2.55. The Balaban J connectivity index is 2.39. The number of carbonyl (C=O) groups is 1. The molecule has 4 atom stereocenters. The first kappa shape index (κ1) is 14.3. The summed E-state index contributed by atoms with van der Waals surface area (Å²) in [5.74, 6) is 1.61. The van der Waals surface area contributed by atoms with Crippen molar-refractivity contribution in [1.29, 1.82) is 0 Å². The molecule has 1 N–H and O–H groups in total. The molecule has 1 rings (SSSR count). The van der Waals surface area contributed by atoms with Crippen LogP contribution in [0.3, 0.4) is 0 Å². The van der Waals surface area contributed by atoms with Gasteiger partial charge in [0.2, 0.25) is 0 Å². The highest BCUT2D eigenvalue weighted by molar-refractivity contribution is 5.67. The number of hydrogen-bond acceptors (Lipinski definition) is 2. The molecule has 1 aliphatic carbocycles. The highest BCUT2D eigenvalue weighted by atomic mass is 16.6. The number of alkyl carbamates (subject to hydrolysis) is 1. The standard InChI is InChI=1S/C14H27NO2/c1-5-6-9-15-14(16)17-13-11(3)8-7-10(2)12(13)4/h10-13H,5-9H2,1-4H3,(H,15,16). The topological polar surface area (TPSA) is 38.3 Å². The summed E-state index contributed by atoms with van der Waals surface area (Å²) in [4.78, 5) is 11.7. The van der Waals surface area contributed by atoms with Gasteiger partial charge in [-0.05, 0) is 37.0 Å². The summed E-state index contributed by atoms with van der Waals surface area (Å²) in [6.07, 6.45) is 4.36. The van der Waals surface area contributed by atoms with E-state index < -0.39 is 0 Å². The molecule has 0 heterocycles. The van der Waals surface area contributed by atoms with Gasteiger partial charge in [-0.15, -0.1) is 0 Å². The van der Waals surface area contributed by atoms with Crippen molar-refractivity contribution in [2.24, 2.45) is 17.8 Å². The van der Waals surface area contributed by atoms with Gasteiger partial charge in [-0.2, -0.15) is 0 Å². The van der Waals surface area contributed by atoms with Crippen molar-refractivity contribution in [2.45, 2.75) is 59.5 Å². The van der Waals surface area contributed by atoms with E-state index >= 15 is 0 Å². The maximum Gasteiger partial charge on any atom is 0.407 e. The lowest BCUT2D eigenvalue weighted by atomic mass is 9.74. The van der Waals surface area contributed by atoms with Gasteiger partial charge in [0.05, 0.1) is 0 Å². The largest absolute Gasteiger partial charge is 0.446 e. The fourth-order valence-electron chi connectivity index (χ4n) is 2.55. The van der Waals surface area contributed by atoms with Gasteiger partial charge in [0, 0.05) is 6.54 Å². The monoisotopic (exact) mass is 241 g/mol. The number of unbranched alkanes of at least 4 members (excludes halogenated alkanes) is 1. The highest BCUT2D eigenvalue weighted by Gasteiger charge is 2.34. The van der Waals surface area contributed by atoms with Crippen LogP contribution in [0.15, 0.2) is 0 Å². The summed E-state index contributed by atoms with van der Waals surface area (Å²) in [5.41, 5.74) is 0. The van der Waals surface area contributed by atoms with Crippen LogP contribution in [-0.2, 0) is 4.74 Å². The SMILES string of the molecule is CCCCNC(=O)OC1C(C)CCC(C)C1C. The van der Waals surface area contributed by atoms with Crippen molar-refractivity contribution in [2.75, 3.05) is 6.54 Å². The second-order valence-electron chi connectivity index (χ2n) is 5.54. The van der Waals surface area contributed by atoms with Crippen LogP contribution in [0.1, 0.15) is 53.4 Å². The maximum absolute atomic E-state index is 11.7. The summed E-state index contributed by atoms with van der Waals surface area (Å²) in [6.45, 7) is 9.47. The quantitative estimate of drug-likeness (QED) is 0.764. The van der Waals surface area contributed by atoms with Crippen molar-refractivity contribution < 1.29 is 9.53 Å². The average molecular weight is 241 g/mol. The first-order valence-electron chi connectivity index (χ1n) is 7.00. The summed E-state index contributed by atoms with van der Waals surface area (Å²) in [6, 6.07) is 0. The second-order valence-corrected chi connectivity index (χ2v) is 5.54. The zero-order valence-electron chi connectivity index (χ0n) is 11.7. The molecule has 100 valence electrons. The van der Waals surface area contributed by atoms with Crippen LogP contribution < -0.4 is 5.32 Å². The Morgan fingerprint density at radius 1 is 1.24 bits per heavy atom. The van der Waals surface area contributed by atoms with E-state index in [9.17, 15) is 4.79 Å². The molecule has 0 aliphatic heterocycles. The highest BCUT2D eigenvalue weighted by Crippen LogP contribution is 2.35. The third-order valence-electron chi connectivity index (χ3n) is 4.10. The first-order valence-corrected chi connectivity index (χ1v) is 7.00. The lowest BCUT2D eigenvalue weighted by molar-refractivity contribution is -0.0111. The third kappa shape index (κ3) is 4.21. The molecule has 1 fully saturated rings. The second kappa shape index (κ2) is 6.87. The molecule has 1 aliphatic rings. The Kier molecular flexibility index (Phi) is 5.79. The molecule has 0 radical (unpaired) electrons. The lowest BCUT2D eigenvalue weighted by Gasteiger charge is -2.38. The predicted octanol–water partition coefficient (Wildman–Crippen LogP) is 3.58. The normalized spacial score (nSPS) is 33.2. The minimum absolute atomic E-state index is 0.0837. The molecule has 3 heteroatoms. The predicted molar refractivity (Wildman–Crippen MR) is 69.9 cm³/mol. The van der Waals surface area contributed by atoms with Crippen LogP contribution in [0.25, 0.3) is 0 Å². The molecule has 1 amide bonds. The summed E-state index contributed by atoms with van der Waals surface area (Å²) in [7, 11) is 0. The fraction of sp³-hybridized carbons (Fsp3) is 0.929. The summed E-state index contributed by atoms with van der Waals surface area (Å²) in [5, 5.41) is 2.83. The van der Waals surface area contributed by atoms with E-state index in [2.05, 4.69) is 33.0 Å². The summed E-state index contributed by atoms with van der Waals surface area (Å²) >= 11 is 0. The van der Waals surface area contributed by atoms with Crippen LogP contribution >= 0.6 is 0 Å². The van der Waals surface area contributed by atoms with Crippen molar-refractivity contribution >= 4 is 6.09 Å². The van der Waals surface area contributed by atoms with Gasteiger partial charge in [0.25, 0.3) is 0 Å². The number of amides is 1. The van der Waals surface area contributed by atoms with Crippen molar-refractivity contribution in [3.05, 3.63) is 0 Å².